The number of oxazole rings is 1. The summed E-state index contributed by atoms with van der Waals surface area (Å²) >= 11 is 0. The first-order valence-corrected chi connectivity index (χ1v) is 7.62. The van der Waals surface area contributed by atoms with Gasteiger partial charge >= 0.3 is 0 Å². The van der Waals surface area contributed by atoms with E-state index in [0.29, 0.717) is 5.92 Å². The summed E-state index contributed by atoms with van der Waals surface area (Å²) in [4.78, 5) is 6.77. The molecule has 0 N–H and O–H groups in total. The standard InChI is InChI=1S/C16H28N2O2/c1-12(15-17-9-14(20-15)16(2,3)4)18(5)10-13-7-6-8-19-11-13/h9,12-13H,6-8,10-11H2,1-5H3/t12-,13+/m1/s1. The lowest BCUT2D eigenvalue weighted by Gasteiger charge is -2.29. The Hall–Kier alpha value is -0.870. The third-order valence-corrected chi connectivity index (χ3v) is 4.08. The maximum atomic E-state index is 5.94. The Kier molecular flexibility index (Phi) is 4.86. The van der Waals surface area contributed by atoms with Crippen LogP contribution in [0.4, 0.5) is 0 Å². The van der Waals surface area contributed by atoms with Crippen molar-refractivity contribution in [1.29, 1.82) is 0 Å². The largest absolute Gasteiger partial charge is 0.443 e. The molecule has 0 unspecified atom stereocenters. The Balaban J connectivity index is 1.95. The summed E-state index contributed by atoms with van der Waals surface area (Å²) in [6.45, 7) is 11.4. The van der Waals surface area contributed by atoms with Crippen molar-refractivity contribution < 1.29 is 9.15 Å². The van der Waals surface area contributed by atoms with E-state index in [-0.39, 0.29) is 11.5 Å². The molecule has 0 amide bonds. The lowest BCUT2D eigenvalue weighted by atomic mass is 9.94. The van der Waals surface area contributed by atoms with Gasteiger partial charge in [0.15, 0.2) is 0 Å². The van der Waals surface area contributed by atoms with Gasteiger partial charge in [-0.1, -0.05) is 20.8 Å². The summed E-state index contributed by atoms with van der Waals surface area (Å²) in [5.41, 5.74) is 0.0146. The predicted molar refractivity (Wildman–Crippen MR) is 79.8 cm³/mol. The Labute approximate surface area is 122 Å². The summed E-state index contributed by atoms with van der Waals surface area (Å²) in [7, 11) is 2.14. The summed E-state index contributed by atoms with van der Waals surface area (Å²) in [5.74, 6) is 2.40. The molecule has 0 spiro atoms. The van der Waals surface area contributed by atoms with E-state index in [1.54, 1.807) is 0 Å². The Bertz CT molecular complexity index is 416. The molecule has 2 atom stereocenters. The van der Waals surface area contributed by atoms with E-state index in [1.807, 2.05) is 6.20 Å². The maximum absolute atomic E-state index is 5.94. The molecule has 1 fully saturated rings. The van der Waals surface area contributed by atoms with Gasteiger partial charge < -0.3 is 9.15 Å². The molecule has 1 aromatic rings. The predicted octanol–water partition coefficient (Wildman–Crippen LogP) is 3.39. The number of nitrogens with zero attached hydrogens (tertiary/aromatic N) is 2. The van der Waals surface area contributed by atoms with E-state index < -0.39 is 0 Å². The molecule has 1 saturated heterocycles. The third-order valence-electron chi connectivity index (χ3n) is 4.08. The van der Waals surface area contributed by atoms with Gasteiger partial charge in [0, 0.05) is 18.6 Å². The van der Waals surface area contributed by atoms with Crippen molar-refractivity contribution in [2.75, 3.05) is 26.8 Å². The number of ether oxygens (including phenoxy) is 1. The first-order chi connectivity index (χ1) is 9.38. The van der Waals surface area contributed by atoms with Crippen LogP contribution < -0.4 is 0 Å². The third kappa shape index (κ3) is 3.83. The van der Waals surface area contributed by atoms with E-state index in [1.165, 1.54) is 12.8 Å². The van der Waals surface area contributed by atoms with Crippen LogP contribution in [0.5, 0.6) is 0 Å². The topological polar surface area (TPSA) is 38.5 Å². The van der Waals surface area contributed by atoms with Crippen LogP contribution >= 0.6 is 0 Å². The lowest BCUT2D eigenvalue weighted by molar-refractivity contribution is 0.0352. The lowest BCUT2D eigenvalue weighted by Crippen LogP contribution is -2.32. The molecule has 2 heterocycles. The van der Waals surface area contributed by atoms with Crippen LogP contribution in [0, 0.1) is 5.92 Å². The number of hydrogen-bond donors (Lipinski definition) is 0. The fourth-order valence-electron chi connectivity index (χ4n) is 2.53. The normalized spacial score (nSPS) is 22.2. The molecule has 0 aliphatic carbocycles. The van der Waals surface area contributed by atoms with Gasteiger partial charge in [-0.2, -0.15) is 0 Å². The van der Waals surface area contributed by atoms with Crippen LogP contribution in [0.2, 0.25) is 0 Å². The van der Waals surface area contributed by atoms with Crippen molar-refractivity contribution >= 4 is 0 Å². The number of hydrogen-bond acceptors (Lipinski definition) is 4. The Morgan fingerprint density at radius 2 is 2.20 bits per heavy atom. The molecule has 2 rings (SSSR count). The van der Waals surface area contributed by atoms with Crippen molar-refractivity contribution in [2.45, 2.75) is 52.0 Å². The van der Waals surface area contributed by atoms with Crippen molar-refractivity contribution in [3.63, 3.8) is 0 Å². The monoisotopic (exact) mass is 280 g/mol. The first-order valence-electron chi connectivity index (χ1n) is 7.62. The van der Waals surface area contributed by atoms with Gasteiger partial charge in [0.05, 0.1) is 18.8 Å². The summed E-state index contributed by atoms with van der Waals surface area (Å²) in [6, 6.07) is 0.202. The fraction of sp³-hybridized carbons (Fsp3) is 0.812. The van der Waals surface area contributed by atoms with Gasteiger partial charge in [-0.25, -0.2) is 4.98 Å². The van der Waals surface area contributed by atoms with Crippen LogP contribution in [0.15, 0.2) is 10.6 Å². The zero-order valence-corrected chi connectivity index (χ0v) is 13.5. The average molecular weight is 280 g/mol. The average Bonchev–Trinajstić information content (AvgIpc) is 2.88. The minimum atomic E-state index is 0.0146. The molecule has 0 radical (unpaired) electrons. The van der Waals surface area contributed by atoms with Crippen molar-refractivity contribution in [3.8, 4) is 0 Å². The molecule has 20 heavy (non-hydrogen) atoms. The zero-order valence-electron chi connectivity index (χ0n) is 13.5. The smallest absolute Gasteiger partial charge is 0.211 e. The first kappa shape index (κ1) is 15.5. The Morgan fingerprint density at radius 3 is 2.75 bits per heavy atom. The SMILES string of the molecule is C[C@H](c1ncc(C(C)(C)C)o1)N(C)C[C@@H]1CCCOC1. The van der Waals surface area contributed by atoms with E-state index in [9.17, 15) is 0 Å². The maximum Gasteiger partial charge on any atom is 0.211 e. The molecule has 1 aliphatic heterocycles. The van der Waals surface area contributed by atoms with E-state index >= 15 is 0 Å². The van der Waals surface area contributed by atoms with Gasteiger partial charge in [0.1, 0.15) is 5.76 Å². The van der Waals surface area contributed by atoms with Gasteiger partial charge in [0.25, 0.3) is 0 Å². The molecular formula is C16H28N2O2. The number of rotatable bonds is 4. The highest BCUT2D eigenvalue weighted by Crippen LogP contribution is 2.27. The van der Waals surface area contributed by atoms with Gasteiger partial charge in [0.2, 0.25) is 5.89 Å². The fourth-order valence-corrected chi connectivity index (χ4v) is 2.53. The molecule has 114 valence electrons. The second-order valence-electron chi connectivity index (χ2n) is 7.01. The summed E-state index contributed by atoms with van der Waals surface area (Å²) in [5, 5.41) is 0. The van der Waals surface area contributed by atoms with Crippen LogP contribution in [-0.4, -0.2) is 36.7 Å². The van der Waals surface area contributed by atoms with Crippen molar-refractivity contribution in [3.05, 3.63) is 17.8 Å². The van der Waals surface area contributed by atoms with E-state index in [2.05, 4.69) is 44.6 Å². The van der Waals surface area contributed by atoms with Gasteiger partial charge in [-0.3, -0.25) is 4.90 Å². The summed E-state index contributed by atoms with van der Waals surface area (Å²) in [6.07, 6.45) is 4.30. The zero-order chi connectivity index (χ0) is 14.8. The molecule has 4 heteroatoms. The second-order valence-corrected chi connectivity index (χ2v) is 7.01. The molecule has 1 aromatic heterocycles. The highest BCUT2D eigenvalue weighted by molar-refractivity contribution is 5.07. The van der Waals surface area contributed by atoms with E-state index in [4.69, 9.17) is 9.15 Å². The van der Waals surface area contributed by atoms with Gasteiger partial charge in [-0.15, -0.1) is 0 Å². The molecule has 0 aromatic carbocycles. The molecule has 0 saturated carbocycles. The Morgan fingerprint density at radius 1 is 1.45 bits per heavy atom. The molecule has 1 aliphatic rings. The van der Waals surface area contributed by atoms with Crippen molar-refractivity contribution in [2.24, 2.45) is 5.92 Å². The quantitative estimate of drug-likeness (QED) is 0.847. The molecule has 4 nitrogen and oxygen atoms in total. The summed E-state index contributed by atoms with van der Waals surface area (Å²) < 4.78 is 11.5. The minimum absolute atomic E-state index is 0.0146. The molecule has 0 bridgehead atoms. The van der Waals surface area contributed by atoms with Crippen LogP contribution in [0.3, 0.4) is 0 Å². The molecular weight excluding hydrogens is 252 g/mol. The van der Waals surface area contributed by atoms with Crippen LogP contribution in [0.1, 0.15) is 58.2 Å². The minimum Gasteiger partial charge on any atom is -0.443 e. The van der Waals surface area contributed by atoms with Crippen LogP contribution in [-0.2, 0) is 10.2 Å². The highest BCUT2D eigenvalue weighted by Gasteiger charge is 2.25. The van der Waals surface area contributed by atoms with Gasteiger partial charge in [-0.05, 0) is 32.7 Å². The second kappa shape index (κ2) is 6.27. The van der Waals surface area contributed by atoms with E-state index in [0.717, 1.165) is 31.4 Å². The number of aromatic nitrogens is 1. The van der Waals surface area contributed by atoms with Crippen molar-refractivity contribution in [1.82, 2.24) is 9.88 Å². The van der Waals surface area contributed by atoms with Crippen LogP contribution in [0.25, 0.3) is 0 Å². The highest BCUT2D eigenvalue weighted by atomic mass is 16.5.